The van der Waals surface area contributed by atoms with Crippen LogP contribution in [0.15, 0.2) is 36.9 Å². The molecular weight excluding hydrogens is 232 g/mol. The Bertz CT molecular complexity index is 531. The molecule has 2 aromatic heterocycles. The number of hydrogen-bond donors (Lipinski definition) is 1. The van der Waals surface area contributed by atoms with E-state index in [-0.39, 0.29) is 0 Å². The van der Waals surface area contributed by atoms with Crippen LogP contribution in [0.2, 0.25) is 0 Å². The number of pyridine rings is 1. The molecule has 0 aliphatic rings. The van der Waals surface area contributed by atoms with Gasteiger partial charge in [0, 0.05) is 12.4 Å². The SMILES string of the molecule is CCOC(=O)c1cccnc1Nc1ccncn1. The van der Waals surface area contributed by atoms with Crippen molar-refractivity contribution in [2.45, 2.75) is 6.92 Å². The Balaban J connectivity index is 2.25. The minimum atomic E-state index is -0.415. The molecule has 0 atom stereocenters. The van der Waals surface area contributed by atoms with Gasteiger partial charge in [0.15, 0.2) is 0 Å². The van der Waals surface area contributed by atoms with Crippen LogP contribution in [0.25, 0.3) is 0 Å². The molecule has 0 saturated heterocycles. The molecule has 2 aromatic rings. The van der Waals surface area contributed by atoms with Crippen LogP contribution < -0.4 is 5.32 Å². The van der Waals surface area contributed by atoms with E-state index in [1.165, 1.54) is 6.33 Å². The van der Waals surface area contributed by atoms with Gasteiger partial charge < -0.3 is 10.1 Å². The molecule has 1 N–H and O–H groups in total. The Morgan fingerprint density at radius 1 is 1.33 bits per heavy atom. The highest BCUT2D eigenvalue weighted by Gasteiger charge is 2.13. The molecule has 0 spiro atoms. The summed E-state index contributed by atoms with van der Waals surface area (Å²) in [4.78, 5) is 23.6. The van der Waals surface area contributed by atoms with Crippen LogP contribution >= 0.6 is 0 Å². The topological polar surface area (TPSA) is 77.0 Å². The van der Waals surface area contributed by atoms with E-state index < -0.39 is 5.97 Å². The van der Waals surface area contributed by atoms with Crippen LogP contribution in [0.1, 0.15) is 17.3 Å². The van der Waals surface area contributed by atoms with Gasteiger partial charge in [-0.25, -0.2) is 19.7 Å². The van der Waals surface area contributed by atoms with Crippen molar-refractivity contribution in [2.24, 2.45) is 0 Å². The summed E-state index contributed by atoms with van der Waals surface area (Å²) in [6.45, 7) is 2.08. The monoisotopic (exact) mass is 244 g/mol. The third-order valence-electron chi connectivity index (χ3n) is 2.13. The van der Waals surface area contributed by atoms with Gasteiger partial charge in [-0.1, -0.05) is 0 Å². The third kappa shape index (κ3) is 2.79. The largest absolute Gasteiger partial charge is 0.462 e. The number of carbonyl (C=O) groups is 1. The van der Waals surface area contributed by atoms with Gasteiger partial charge in [-0.2, -0.15) is 0 Å². The molecule has 0 aliphatic carbocycles. The molecule has 2 heterocycles. The summed E-state index contributed by atoms with van der Waals surface area (Å²) in [6, 6.07) is 5.01. The van der Waals surface area contributed by atoms with Crippen LogP contribution in [-0.4, -0.2) is 27.5 Å². The number of ether oxygens (including phenoxy) is 1. The lowest BCUT2D eigenvalue weighted by molar-refractivity contribution is 0.0527. The first-order valence-corrected chi connectivity index (χ1v) is 5.46. The van der Waals surface area contributed by atoms with Gasteiger partial charge in [-0.3, -0.25) is 0 Å². The summed E-state index contributed by atoms with van der Waals surface area (Å²) >= 11 is 0. The molecule has 0 unspecified atom stereocenters. The molecule has 0 fully saturated rings. The summed E-state index contributed by atoms with van der Waals surface area (Å²) < 4.78 is 4.95. The van der Waals surface area contributed by atoms with Crippen LogP contribution in [0.4, 0.5) is 11.6 Å². The predicted molar refractivity (Wildman–Crippen MR) is 65.5 cm³/mol. The van der Waals surface area contributed by atoms with Crippen LogP contribution in [0, 0.1) is 0 Å². The Morgan fingerprint density at radius 3 is 2.94 bits per heavy atom. The molecular formula is C12H12N4O2. The highest BCUT2D eigenvalue weighted by molar-refractivity contribution is 5.95. The van der Waals surface area contributed by atoms with E-state index in [9.17, 15) is 4.79 Å². The number of nitrogens with one attached hydrogen (secondary N) is 1. The molecule has 6 heteroatoms. The van der Waals surface area contributed by atoms with Crippen molar-refractivity contribution in [3.63, 3.8) is 0 Å². The first-order valence-electron chi connectivity index (χ1n) is 5.46. The van der Waals surface area contributed by atoms with Gasteiger partial charge in [-0.15, -0.1) is 0 Å². The number of carbonyl (C=O) groups excluding carboxylic acids is 1. The Labute approximate surface area is 104 Å². The van der Waals surface area contributed by atoms with Crippen molar-refractivity contribution >= 4 is 17.6 Å². The number of aromatic nitrogens is 3. The summed E-state index contributed by atoms with van der Waals surface area (Å²) in [6.07, 6.45) is 4.60. The highest BCUT2D eigenvalue weighted by atomic mass is 16.5. The van der Waals surface area contributed by atoms with E-state index in [1.54, 1.807) is 37.5 Å². The van der Waals surface area contributed by atoms with Crippen LogP contribution in [0.5, 0.6) is 0 Å². The maximum Gasteiger partial charge on any atom is 0.341 e. The fourth-order valence-corrected chi connectivity index (χ4v) is 1.36. The van der Waals surface area contributed by atoms with Crippen molar-refractivity contribution in [2.75, 3.05) is 11.9 Å². The summed E-state index contributed by atoms with van der Waals surface area (Å²) in [5.41, 5.74) is 0.373. The molecule has 18 heavy (non-hydrogen) atoms. The average molecular weight is 244 g/mol. The molecule has 92 valence electrons. The smallest absolute Gasteiger partial charge is 0.341 e. The number of rotatable bonds is 4. The molecule has 0 aliphatic heterocycles. The molecule has 0 amide bonds. The van der Waals surface area contributed by atoms with E-state index in [2.05, 4.69) is 20.3 Å². The van der Waals surface area contributed by atoms with Crippen molar-refractivity contribution in [3.05, 3.63) is 42.5 Å². The van der Waals surface area contributed by atoms with E-state index in [1.807, 2.05) is 0 Å². The van der Waals surface area contributed by atoms with Crippen molar-refractivity contribution in [3.8, 4) is 0 Å². The fraction of sp³-hybridized carbons (Fsp3) is 0.167. The molecule has 0 aromatic carbocycles. The molecule has 6 nitrogen and oxygen atoms in total. The fourth-order valence-electron chi connectivity index (χ4n) is 1.36. The van der Waals surface area contributed by atoms with Crippen LogP contribution in [-0.2, 0) is 4.74 Å². The maximum absolute atomic E-state index is 11.7. The minimum Gasteiger partial charge on any atom is -0.462 e. The van der Waals surface area contributed by atoms with Crippen LogP contribution in [0.3, 0.4) is 0 Å². The number of anilines is 2. The lowest BCUT2D eigenvalue weighted by Gasteiger charge is -2.08. The Hall–Kier alpha value is -2.50. The second-order valence-electron chi connectivity index (χ2n) is 3.34. The van der Waals surface area contributed by atoms with E-state index in [0.717, 1.165) is 0 Å². The van der Waals surface area contributed by atoms with Gasteiger partial charge in [0.2, 0.25) is 0 Å². The predicted octanol–water partition coefficient (Wildman–Crippen LogP) is 1.79. The maximum atomic E-state index is 11.7. The summed E-state index contributed by atoms with van der Waals surface area (Å²) in [5, 5.41) is 2.95. The normalized spacial score (nSPS) is 9.83. The van der Waals surface area contributed by atoms with E-state index in [0.29, 0.717) is 23.8 Å². The third-order valence-corrected chi connectivity index (χ3v) is 2.13. The second kappa shape index (κ2) is 5.72. The lowest BCUT2D eigenvalue weighted by Crippen LogP contribution is -2.09. The quantitative estimate of drug-likeness (QED) is 0.826. The van der Waals surface area contributed by atoms with Crippen molar-refractivity contribution in [1.29, 1.82) is 0 Å². The average Bonchev–Trinajstić information content (AvgIpc) is 2.41. The van der Waals surface area contributed by atoms with Gasteiger partial charge in [-0.05, 0) is 25.1 Å². The number of hydrogen-bond acceptors (Lipinski definition) is 6. The van der Waals surface area contributed by atoms with Gasteiger partial charge >= 0.3 is 5.97 Å². The number of esters is 1. The zero-order chi connectivity index (χ0) is 12.8. The summed E-state index contributed by atoms with van der Waals surface area (Å²) in [5.74, 6) is 0.561. The minimum absolute atomic E-state index is 0.320. The highest BCUT2D eigenvalue weighted by Crippen LogP contribution is 2.16. The standard InChI is InChI=1S/C12H12N4O2/c1-2-18-12(17)9-4-3-6-14-11(9)16-10-5-7-13-8-15-10/h3-8H,2H2,1H3,(H,13,14,15,16). The van der Waals surface area contributed by atoms with E-state index in [4.69, 9.17) is 4.74 Å². The van der Waals surface area contributed by atoms with Gasteiger partial charge in [0.1, 0.15) is 23.5 Å². The van der Waals surface area contributed by atoms with E-state index >= 15 is 0 Å². The summed E-state index contributed by atoms with van der Waals surface area (Å²) in [7, 11) is 0. The zero-order valence-electron chi connectivity index (χ0n) is 9.83. The first kappa shape index (κ1) is 12.0. The Kier molecular flexibility index (Phi) is 3.80. The molecule has 0 bridgehead atoms. The zero-order valence-corrected chi connectivity index (χ0v) is 9.83. The molecule has 0 saturated carbocycles. The molecule has 2 rings (SSSR count). The second-order valence-corrected chi connectivity index (χ2v) is 3.34. The van der Waals surface area contributed by atoms with Gasteiger partial charge in [0.05, 0.1) is 6.61 Å². The van der Waals surface area contributed by atoms with Crippen molar-refractivity contribution < 1.29 is 9.53 Å². The first-order chi connectivity index (χ1) is 8.81. The number of nitrogens with zero attached hydrogens (tertiary/aromatic N) is 3. The lowest BCUT2D eigenvalue weighted by atomic mass is 10.2. The van der Waals surface area contributed by atoms with Gasteiger partial charge in [0.25, 0.3) is 0 Å². The Morgan fingerprint density at radius 2 is 2.22 bits per heavy atom. The molecule has 0 radical (unpaired) electrons. The van der Waals surface area contributed by atoms with Crippen molar-refractivity contribution in [1.82, 2.24) is 15.0 Å².